The van der Waals surface area contributed by atoms with Crippen LogP contribution in [0.15, 0.2) is 6.20 Å². The van der Waals surface area contributed by atoms with E-state index in [0.717, 1.165) is 5.82 Å². The van der Waals surface area contributed by atoms with Gasteiger partial charge in [-0.25, -0.2) is 4.98 Å². The smallest absolute Gasteiger partial charge is 0.217 e. The van der Waals surface area contributed by atoms with Crippen LogP contribution in [0.25, 0.3) is 0 Å². The highest BCUT2D eigenvalue weighted by Crippen LogP contribution is 2.14. The van der Waals surface area contributed by atoms with Gasteiger partial charge in [0, 0.05) is 19.2 Å². The minimum absolute atomic E-state index is 0.0455. The largest absolute Gasteiger partial charge is 0.347 e. The maximum Gasteiger partial charge on any atom is 0.217 e. The topological polar surface area (TPSA) is 46.9 Å². The number of carbonyl (C=O) groups is 1. The van der Waals surface area contributed by atoms with Crippen LogP contribution in [0.2, 0.25) is 0 Å². The summed E-state index contributed by atoms with van der Waals surface area (Å²) in [6, 6.07) is 0.265. The van der Waals surface area contributed by atoms with Crippen molar-refractivity contribution < 1.29 is 4.79 Å². The first-order valence-electron chi connectivity index (χ1n) is 4.74. The van der Waals surface area contributed by atoms with Crippen LogP contribution in [0.3, 0.4) is 0 Å². The third kappa shape index (κ3) is 2.34. The molecule has 1 N–H and O–H groups in total. The summed E-state index contributed by atoms with van der Waals surface area (Å²) in [7, 11) is 0. The van der Waals surface area contributed by atoms with Crippen LogP contribution in [0.1, 0.15) is 45.6 Å². The molecule has 0 aromatic carbocycles. The Bertz CT molecular complexity index is 317. The number of hydrogen-bond acceptors (Lipinski definition) is 2. The van der Waals surface area contributed by atoms with Crippen molar-refractivity contribution in [2.24, 2.45) is 0 Å². The molecule has 1 atom stereocenters. The normalized spacial score (nSPS) is 12.9. The van der Waals surface area contributed by atoms with Crippen molar-refractivity contribution in [2.75, 3.05) is 0 Å². The number of amides is 1. The van der Waals surface area contributed by atoms with Gasteiger partial charge in [-0.05, 0) is 20.8 Å². The standard InChI is InChI=1S/C10H16N3O/c1-7(2)13-6-5-11-10(13)8(3)12-9(4)14/h6-8H,1-4H3,(H,12,14). The predicted molar refractivity (Wildman–Crippen MR) is 53.7 cm³/mol. The van der Waals surface area contributed by atoms with Crippen LogP contribution in [-0.2, 0) is 4.79 Å². The van der Waals surface area contributed by atoms with Gasteiger partial charge < -0.3 is 9.88 Å². The molecule has 0 aliphatic rings. The third-order valence-electron chi connectivity index (χ3n) is 2.00. The number of aromatic nitrogens is 2. The second kappa shape index (κ2) is 4.26. The number of nitrogens with one attached hydrogen (secondary N) is 1. The molecule has 0 saturated heterocycles. The van der Waals surface area contributed by atoms with Crippen molar-refractivity contribution >= 4 is 5.91 Å². The predicted octanol–water partition coefficient (Wildman–Crippen LogP) is 1.46. The first-order chi connectivity index (χ1) is 6.52. The molecule has 4 heteroatoms. The molecule has 0 saturated carbocycles. The zero-order chi connectivity index (χ0) is 10.7. The maximum absolute atomic E-state index is 10.9. The fourth-order valence-corrected chi connectivity index (χ4v) is 1.38. The lowest BCUT2D eigenvalue weighted by atomic mass is 10.3. The highest BCUT2D eigenvalue weighted by atomic mass is 16.1. The Morgan fingerprint density at radius 1 is 1.57 bits per heavy atom. The molecule has 77 valence electrons. The Morgan fingerprint density at radius 3 is 2.71 bits per heavy atom. The van der Waals surface area contributed by atoms with E-state index in [4.69, 9.17) is 0 Å². The van der Waals surface area contributed by atoms with Crippen molar-refractivity contribution in [3.63, 3.8) is 0 Å². The van der Waals surface area contributed by atoms with Gasteiger partial charge in [0.15, 0.2) is 0 Å². The fraction of sp³-hybridized carbons (Fsp3) is 0.600. The number of rotatable bonds is 3. The zero-order valence-electron chi connectivity index (χ0n) is 9.03. The van der Waals surface area contributed by atoms with E-state index in [1.807, 2.05) is 11.5 Å². The summed E-state index contributed by atoms with van der Waals surface area (Å²) < 4.78 is 2.00. The second-order valence-electron chi connectivity index (χ2n) is 3.65. The van der Waals surface area contributed by atoms with E-state index in [0.29, 0.717) is 6.04 Å². The summed E-state index contributed by atoms with van der Waals surface area (Å²) in [4.78, 5) is 15.0. The third-order valence-corrected chi connectivity index (χ3v) is 2.00. The van der Waals surface area contributed by atoms with Gasteiger partial charge in [-0.1, -0.05) is 0 Å². The fourth-order valence-electron chi connectivity index (χ4n) is 1.38. The van der Waals surface area contributed by atoms with Crippen LogP contribution >= 0.6 is 0 Å². The molecule has 1 aromatic rings. The molecule has 1 radical (unpaired) electrons. The molecule has 1 amide bonds. The molecular weight excluding hydrogens is 178 g/mol. The average molecular weight is 194 g/mol. The van der Waals surface area contributed by atoms with Crippen molar-refractivity contribution in [3.8, 4) is 0 Å². The Labute approximate surface area is 84.3 Å². The van der Waals surface area contributed by atoms with Crippen LogP contribution in [0.5, 0.6) is 0 Å². The Balaban J connectivity index is 2.83. The van der Waals surface area contributed by atoms with E-state index in [1.165, 1.54) is 6.92 Å². The average Bonchev–Trinajstić information content (AvgIpc) is 2.49. The number of carbonyl (C=O) groups excluding carboxylic acids is 1. The summed E-state index contributed by atoms with van der Waals surface area (Å²) in [5.74, 6) is 0.797. The lowest BCUT2D eigenvalue weighted by Gasteiger charge is -2.16. The van der Waals surface area contributed by atoms with E-state index < -0.39 is 0 Å². The van der Waals surface area contributed by atoms with Gasteiger partial charge in [0.2, 0.25) is 5.91 Å². The Morgan fingerprint density at radius 2 is 2.21 bits per heavy atom. The number of nitrogens with zero attached hydrogens (tertiary/aromatic N) is 2. The van der Waals surface area contributed by atoms with Gasteiger partial charge in [-0.2, -0.15) is 0 Å². The Hall–Kier alpha value is -1.32. The summed E-state index contributed by atoms with van der Waals surface area (Å²) >= 11 is 0. The SMILES string of the molecule is CC(=O)NC(C)c1n[c]cn1C(C)C. The van der Waals surface area contributed by atoms with Crippen LogP contribution in [0.4, 0.5) is 0 Å². The maximum atomic E-state index is 10.9. The summed E-state index contributed by atoms with van der Waals surface area (Å²) in [5.41, 5.74) is 0. The quantitative estimate of drug-likeness (QED) is 0.791. The number of imidazole rings is 1. The van der Waals surface area contributed by atoms with Crippen molar-refractivity contribution in [3.05, 3.63) is 18.2 Å². The van der Waals surface area contributed by atoms with Crippen LogP contribution in [-0.4, -0.2) is 15.5 Å². The minimum atomic E-state index is -0.0684. The molecule has 1 aromatic heterocycles. The first-order valence-corrected chi connectivity index (χ1v) is 4.74. The van der Waals surface area contributed by atoms with Crippen molar-refractivity contribution in [2.45, 2.75) is 39.8 Å². The Kier molecular flexibility index (Phi) is 3.28. The van der Waals surface area contributed by atoms with Gasteiger partial charge >= 0.3 is 0 Å². The van der Waals surface area contributed by atoms with Crippen LogP contribution < -0.4 is 5.32 Å². The highest BCUT2D eigenvalue weighted by molar-refractivity contribution is 5.73. The van der Waals surface area contributed by atoms with Crippen LogP contribution in [0, 0.1) is 6.20 Å². The van der Waals surface area contributed by atoms with E-state index >= 15 is 0 Å². The minimum Gasteiger partial charge on any atom is -0.347 e. The summed E-state index contributed by atoms with van der Waals surface area (Å²) in [6.07, 6.45) is 4.60. The molecule has 0 spiro atoms. The molecule has 0 bridgehead atoms. The van der Waals surface area contributed by atoms with E-state index in [9.17, 15) is 4.79 Å². The first kappa shape index (κ1) is 10.8. The summed E-state index contributed by atoms with van der Waals surface area (Å²) in [6.45, 7) is 7.55. The van der Waals surface area contributed by atoms with Crippen molar-refractivity contribution in [1.29, 1.82) is 0 Å². The van der Waals surface area contributed by atoms with Gasteiger partial charge in [0.1, 0.15) is 12.0 Å². The van der Waals surface area contributed by atoms with E-state index in [2.05, 4.69) is 30.3 Å². The van der Waals surface area contributed by atoms with Gasteiger partial charge in [0.05, 0.1) is 6.04 Å². The van der Waals surface area contributed by atoms with E-state index in [-0.39, 0.29) is 11.9 Å². The molecule has 14 heavy (non-hydrogen) atoms. The molecule has 0 aliphatic carbocycles. The molecule has 1 rings (SSSR count). The number of hydrogen-bond donors (Lipinski definition) is 1. The lowest BCUT2D eigenvalue weighted by Crippen LogP contribution is -2.26. The summed E-state index contributed by atoms with van der Waals surface area (Å²) in [5, 5.41) is 2.80. The highest BCUT2D eigenvalue weighted by Gasteiger charge is 2.14. The van der Waals surface area contributed by atoms with Gasteiger partial charge in [-0.3, -0.25) is 4.79 Å². The zero-order valence-corrected chi connectivity index (χ0v) is 9.03. The molecule has 1 heterocycles. The van der Waals surface area contributed by atoms with Crippen molar-refractivity contribution in [1.82, 2.24) is 14.9 Å². The van der Waals surface area contributed by atoms with E-state index in [1.54, 1.807) is 6.20 Å². The molecular formula is C10H16N3O. The van der Waals surface area contributed by atoms with Gasteiger partial charge in [0.25, 0.3) is 0 Å². The van der Waals surface area contributed by atoms with Gasteiger partial charge in [-0.15, -0.1) is 0 Å². The second-order valence-corrected chi connectivity index (χ2v) is 3.65. The molecule has 0 fully saturated rings. The molecule has 1 unspecified atom stereocenters. The molecule has 4 nitrogen and oxygen atoms in total. The lowest BCUT2D eigenvalue weighted by molar-refractivity contribution is -0.119. The monoisotopic (exact) mass is 194 g/mol. The molecule has 0 aliphatic heterocycles.